The minimum Gasteiger partial charge on any atom is -0.192 e. The summed E-state index contributed by atoms with van der Waals surface area (Å²) in [5, 5.41) is 9.00. The molecule has 92 valence electrons. The summed E-state index contributed by atoms with van der Waals surface area (Å²) in [5.74, 6) is 0. The number of rotatable bonds is 3. The Kier molecular flexibility index (Phi) is 4.22. The van der Waals surface area contributed by atoms with Crippen molar-refractivity contribution in [3.05, 3.63) is 76.9 Å². The van der Waals surface area contributed by atoms with Crippen LogP contribution < -0.4 is 0 Å². The molecule has 0 aliphatic carbocycles. The van der Waals surface area contributed by atoms with Gasteiger partial charge in [0.25, 0.3) is 0 Å². The van der Waals surface area contributed by atoms with Gasteiger partial charge in [-0.2, -0.15) is 5.26 Å². The molecular weight excluding hydrogens is 250 g/mol. The molecule has 0 unspecified atom stereocenters. The second kappa shape index (κ2) is 6.08. The third kappa shape index (κ3) is 3.37. The molecule has 0 saturated heterocycles. The molecule has 0 atom stereocenters. The van der Waals surface area contributed by atoms with Gasteiger partial charge in [0.15, 0.2) is 0 Å². The van der Waals surface area contributed by atoms with Crippen LogP contribution in [-0.4, -0.2) is 4.86 Å². The van der Waals surface area contributed by atoms with Crippen molar-refractivity contribution in [1.29, 1.82) is 5.26 Å². The first-order valence-electron chi connectivity index (χ1n) is 5.99. The first-order chi connectivity index (χ1) is 9.20. The molecule has 0 aliphatic rings. The second-order valence-electron chi connectivity index (χ2n) is 4.25. The minimum absolute atomic E-state index is 0.702. The standard InChI is InChI=1S/C17H13NS/c1-13-7-8-14(11-16(13)12-18)9-10-17(19)15-5-3-2-4-6-15/h2-11H,1H3. The van der Waals surface area contributed by atoms with Crippen LogP contribution in [-0.2, 0) is 0 Å². The molecule has 1 nitrogen and oxygen atoms in total. The van der Waals surface area contributed by atoms with E-state index in [9.17, 15) is 0 Å². The van der Waals surface area contributed by atoms with Crippen LogP contribution in [0.4, 0.5) is 0 Å². The van der Waals surface area contributed by atoms with Gasteiger partial charge >= 0.3 is 0 Å². The minimum atomic E-state index is 0.702. The Morgan fingerprint density at radius 2 is 1.89 bits per heavy atom. The average molecular weight is 263 g/mol. The number of nitriles is 1. The van der Waals surface area contributed by atoms with E-state index in [-0.39, 0.29) is 0 Å². The van der Waals surface area contributed by atoms with Crippen LogP contribution in [0.1, 0.15) is 22.3 Å². The Morgan fingerprint density at radius 1 is 1.16 bits per heavy atom. The lowest BCUT2D eigenvalue weighted by Crippen LogP contribution is -1.91. The zero-order chi connectivity index (χ0) is 13.7. The molecule has 0 heterocycles. The van der Waals surface area contributed by atoms with E-state index in [0.717, 1.165) is 21.6 Å². The normalized spacial score (nSPS) is 10.3. The molecule has 0 radical (unpaired) electrons. The van der Waals surface area contributed by atoms with Crippen molar-refractivity contribution in [3.8, 4) is 6.07 Å². The summed E-state index contributed by atoms with van der Waals surface area (Å²) in [5.41, 5.74) is 3.71. The van der Waals surface area contributed by atoms with Crippen LogP contribution in [0.5, 0.6) is 0 Å². The fraction of sp³-hybridized carbons (Fsp3) is 0.0588. The van der Waals surface area contributed by atoms with E-state index in [1.54, 1.807) is 0 Å². The molecule has 0 amide bonds. The van der Waals surface area contributed by atoms with Crippen LogP contribution in [0, 0.1) is 18.3 Å². The predicted octanol–water partition coefficient (Wildman–Crippen LogP) is 4.30. The van der Waals surface area contributed by atoms with Crippen molar-refractivity contribution in [2.24, 2.45) is 0 Å². The molecule has 19 heavy (non-hydrogen) atoms. The van der Waals surface area contributed by atoms with Gasteiger partial charge in [0, 0.05) is 4.86 Å². The van der Waals surface area contributed by atoms with Gasteiger partial charge in [-0.05, 0) is 35.8 Å². The van der Waals surface area contributed by atoms with E-state index in [1.165, 1.54) is 0 Å². The third-order valence-corrected chi connectivity index (χ3v) is 3.24. The predicted molar refractivity (Wildman–Crippen MR) is 83.1 cm³/mol. The summed E-state index contributed by atoms with van der Waals surface area (Å²) in [7, 11) is 0. The van der Waals surface area contributed by atoms with E-state index in [2.05, 4.69) is 6.07 Å². The summed E-state index contributed by atoms with van der Waals surface area (Å²) in [4.78, 5) is 0.791. The first kappa shape index (κ1) is 13.2. The average Bonchev–Trinajstić information content (AvgIpc) is 2.47. The summed E-state index contributed by atoms with van der Waals surface area (Å²) in [6, 6.07) is 17.9. The largest absolute Gasteiger partial charge is 0.192 e. The summed E-state index contributed by atoms with van der Waals surface area (Å²) in [6.45, 7) is 1.93. The lowest BCUT2D eigenvalue weighted by atomic mass is 10.0. The number of aryl methyl sites for hydroxylation is 1. The molecule has 2 aromatic carbocycles. The quantitative estimate of drug-likeness (QED) is 0.468. The van der Waals surface area contributed by atoms with E-state index in [1.807, 2.05) is 67.6 Å². The highest BCUT2D eigenvalue weighted by molar-refractivity contribution is 7.81. The van der Waals surface area contributed by atoms with E-state index >= 15 is 0 Å². The lowest BCUT2D eigenvalue weighted by Gasteiger charge is -2.00. The van der Waals surface area contributed by atoms with Crippen LogP contribution in [0.25, 0.3) is 6.08 Å². The van der Waals surface area contributed by atoms with Gasteiger partial charge in [-0.25, -0.2) is 0 Å². The smallest absolute Gasteiger partial charge is 0.0994 e. The Morgan fingerprint density at radius 3 is 2.58 bits per heavy atom. The Hall–Kier alpha value is -2.24. The Labute approximate surface area is 118 Å². The number of nitrogens with zero attached hydrogens (tertiary/aromatic N) is 1. The van der Waals surface area contributed by atoms with Crippen LogP contribution >= 0.6 is 12.2 Å². The summed E-state index contributed by atoms with van der Waals surface area (Å²) in [6.07, 6.45) is 3.84. The van der Waals surface area contributed by atoms with Crippen molar-refractivity contribution in [2.75, 3.05) is 0 Å². The molecule has 0 N–H and O–H groups in total. The zero-order valence-electron chi connectivity index (χ0n) is 10.6. The number of thiocarbonyl (C=S) groups is 1. The molecule has 0 fully saturated rings. The van der Waals surface area contributed by atoms with Crippen LogP contribution in [0.3, 0.4) is 0 Å². The van der Waals surface area contributed by atoms with Crippen molar-refractivity contribution in [2.45, 2.75) is 6.92 Å². The van der Waals surface area contributed by atoms with E-state index in [0.29, 0.717) is 5.56 Å². The molecule has 0 aromatic heterocycles. The fourth-order valence-electron chi connectivity index (χ4n) is 1.73. The van der Waals surface area contributed by atoms with Crippen molar-refractivity contribution in [3.63, 3.8) is 0 Å². The highest BCUT2D eigenvalue weighted by Crippen LogP contribution is 2.12. The topological polar surface area (TPSA) is 23.8 Å². The van der Waals surface area contributed by atoms with Gasteiger partial charge in [-0.15, -0.1) is 0 Å². The van der Waals surface area contributed by atoms with Gasteiger partial charge in [-0.1, -0.05) is 60.8 Å². The maximum atomic E-state index is 9.00. The summed E-state index contributed by atoms with van der Waals surface area (Å²) < 4.78 is 0. The van der Waals surface area contributed by atoms with Gasteiger partial charge < -0.3 is 0 Å². The number of benzene rings is 2. The molecule has 2 aromatic rings. The Bertz CT molecular complexity index is 663. The zero-order valence-corrected chi connectivity index (χ0v) is 11.4. The van der Waals surface area contributed by atoms with Gasteiger partial charge in [0.05, 0.1) is 11.6 Å². The highest BCUT2D eigenvalue weighted by Gasteiger charge is 1.98. The third-order valence-electron chi connectivity index (χ3n) is 2.87. The number of hydrogen-bond donors (Lipinski definition) is 0. The fourth-order valence-corrected chi connectivity index (χ4v) is 1.94. The molecule has 0 saturated carbocycles. The molecule has 2 rings (SSSR count). The maximum absolute atomic E-state index is 9.00. The monoisotopic (exact) mass is 263 g/mol. The van der Waals surface area contributed by atoms with Gasteiger partial charge in [0.1, 0.15) is 0 Å². The first-order valence-corrected chi connectivity index (χ1v) is 6.40. The number of allylic oxidation sites excluding steroid dienone is 1. The molecule has 0 bridgehead atoms. The SMILES string of the molecule is Cc1ccc(C=CC(=S)c2ccccc2)cc1C#N. The van der Waals surface area contributed by atoms with Crippen LogP contribution in [0.2, 0.25) is 0 Å². The van der Waals surface area contributed by atoms with Gasteiger partial charge in [-0.3, -0.25) is 0 Å². The van der Waals surface area contributed by atoms with Gasteiger partial charge in [0.2, 0.25) is 0 Å². The van der Waals surface area contributed by atoms with Crippen molar-refractivity contribution < 1.29 is 0 Å². The Balaban J connectivity index is 2.20. The highest BCUT2D eigenvalue weighted by atomic mass is 32.1. The molecule has 2 heteroatoms. The lowest BCUT2D eigenvalue weighted by molar-refractivity contribution is 1.39. The summed E-state index contributed by atoms with van der Waals surface area (Å²) >= 11 is 5.35. The van der Waals surface area contributed by atoms with E-state index < -0.39 is 0 Å². The van der Waals surface area contributed by atoms with E-state index in [4.69, 9.17) is 17.5 Å². The molecule has 0 spiro atoms. The number of hydrogen-bond acceptors (Lipinski definition) is 2. The van der Waals surface area contributed by atoms with Crippen molar-refractivity contribution in [1.82, 2.24) is 0 Å². The van der Waals surface area contributed by atoms with Crippen LogP contribution in [0.15, 0.2) is 54.6 Å². The molecular formula is C17H13NS. The maximum Gasteiger partial charge on any atom is 0.0994 e. The van der Waals surface area contributed by atoms with Crippen molar-refractivity contribution >= 4 is 23.2 Å². The molecule has 0 aliphatic heterocycles. The second-order valence-corrected chi connectivity index (χ2v) is 4.69.